The number of hydrogen-bond acceptors (Lipinski definition) is 3. The summed E-state index contributed by atoms with van der Waals surface area (Å²) in [6.07, 6.45) is 0. The Bertz CT molecular complexity index is 1070. The summed E-state index contributed by atoms with van der Waals surface area (Å²) < 4.78 is 19.6. The quantitative estimate of drug-likeness (QED) is 0.701. The highest BCUT2D eigenvalue weighted by atomic mass is 19.1. The van der Waals surface area contributed by atoms with Crippen molar-refractivity contribution in [2.24, 2.45) is 0 Å². The molecular weight excluding hydrogens is 383 g/mol. The van der Waals surface area contributed by atoms with E-state index in [1.165, 1.54) is 23.1 Å². The smallest absolute Gasteiger partial charge is 0.255 e. The Hall–Kier alpha value is -3.67. The predicted octanol–water partition coefficient (Wildman–Crippen LogP) is 4.41. The largest absolute Gasteiger partial charge is 0.494 e. The lowest BCUT2D eigenvalue weighted by molar-refractivity contribution is -0.117. The van der Waals surface area contributed by atoms with Gasteiger partial charge < -0.3 is 15.0 Å². The van der Waals surface area contributed by atoms with E-state index in [1.807, 2.05) is 37.3 Å². The third kappa shape index (κ3) is 3.89. The van der Waals surface area contributed by atoms with Gasteiger partial charge in [0.2, 0.25) is 5.91 Å². The molecule has 5 nitrogen and oxygen atoms in total. The minimum atomic E-state index is -0.616. The summed E-state index contributed by atoms with van der Waals surface area (Å²) in [5.41, 5.74) is 2.25. The van der Waals surface area contributed by atoms with Crippen molar-refractivity contribution in [3.63, 3.8) is 0 Å². The molecule has 1 aliphatic heterocycles. The number of amides is 2. The molecule has 152 valence electrons. The number of rotatable bonds is 4. The number of hydrogen-bond donors (Lipinski definition) is 1. The second-order valence-corrected chi connectivity index (χ2v) is 6.98. The number of anilines is 1. The molecule has 1 N–H and O–H groups in total. The molecule has 1 heterocycles. The standard InChI is InChI=1S/C24H21FN2O3/c1-2-30-19-11-8-17(9-12-19)24(29)27-15-22(28)26-21-13-10-18(25)14-20(21)23(27)16-6-4-3-5-7-16/h3-14,23H,2,15H2,1H3,(H,26,28)/t23-/m0/s1. The summed E-state index contributed by atoms with van der Waals surface area (Å²) in [6.45, 7) is 2.26. The molecule has 1 aliphatic rings. The first-order chi connectivity index (χ1) is 14.6. The van der Waals surface area contributed by atoms with Crippen molar-refractivity contribution in [1.29, 1.82) is 0 Å². The molecule has 3 aromatic rings. The van der Waals surface area contributed by atoms with E-state index in [1.54, 1.807) is 24.3 Å². The summed E-state index contributed by atoms with van der Waals surface area (Å²) in [5, 5.41) is 2.79. The highest BCUT2D eigenvalue weighted by Gasteiger charge is 2.34. The second-order valence-electron chi connectivity index (χ2n) is 6.98. The van der Waals surface area contributed by atoms with Gasteiger partial charge in [0.1, 0.15) is 18.1 Å². The van der Waals surface area contributed by atoms with Crippen molar-refractivity contribution in [2.75, 3.05) is 18.5 Å². The molecule has 4 rings (SSSR count). The van der Waals surface area contributed by atoms with Crippen LogP contribution in [0.2, 0.25) is 0 Å². The number of carbonyl (C=O) groups excluding carboxylic acids is 2. The van der Waals surface area contributed by atoms with Gasteiger partial charge in [-0.2, -0.15) is 0 Å². The monoisotopic (exact) mass is 404 g/mol. The van der Waals surface area contributed by atoms with Gasteiger partial charge in [0.05, 0.1) is 12.6 Å². The number of ether oxygens (including phenoxy) is 1. The lowest BCUT2D eigenvalue weighted by Gasteiger charge is -2.30. The zero-order valence-corrected chi connectivity index (χ0v) is 16.5. The van der Waals surface area contributed by atoms with Crippen LogP contribution in [0.3, 0.4) is 0 Å². The van der Waals surface area contributed by atoms with Crippen molar-refractivity contribution in [3.8, 4) is 5.75 Å². The Labute approximate surface area is 174 Å². The van der Waals surface area contributed by atoms with Crippen LogP contribution in [0.4, 0.5) is 10.1 Å². The molecule has 6 heteroatoms. The van der Waals surface area contributed by atoms with Crippen molar-refractivity contribution < 1.29 is 18.7 Å². The molecular formula is C24H21FN2O3. The first kappa shape index (κ1) is 19.6. The summed E-state index contributed by atoms with van der Waals surface area (Å²) >= 11 is 0. The molecule has 0 aromatic heterocycles. The van der Waals surface area contributed by atoms with Crippen molar-refractivity contribution in [3.05, 3.63) is 95.3 Å². The van der Waals surface area contributed by atoms with Gasteiger partial charge in [0, 0.05) is 16.8 Å². The highest BCUT2D eigenvalue weighted by molar-refractivity contribution is 6.01. The second kappa shape index (κ2) is 8.37. The van der Waals surface area contributed by atoms with Crippen LogP contribution in [-0.4, -0.2) is 29.9 Å². The summed E-state index contributed by atoms with van der Waals surface area (Å²) in [4.78, 5) is 27.5. The number of nitrogens with zero attached hydrogens (tertiary/aromatic N) is 1. The van der Waals surface area contributed by atoms with Gasteiger partial charge in [0.25, 0.3) is 5.91 Å². The van der Waals surface area contributed by atoms with Gasteiger partial charge in [-0.3, -0.25) is 9.59 Å². The van der Waals surface area contributed by atoms with Gasteiger partial charge in [-0.25, -0.2) is 4.39 Å². The Morgan fingerprint density at radius 2 is 1.83 bits per heavy atom. The zero-order chi connectivity index (χ0) is 21.1. The van der Waals surface area contributed by atoms with Crippen LogP contribution in [0.1, 0.15) is 34.5 Å². The van der Waals surface area contributed by atoms with Crippen LogP contribution in [0.25, 0.3) is 0 Å². The van der Waals surface area contributed by atoms with E-state index >= 15 is 0 Å². The highest BCUT2D eigenvalue weighted by Crippen LogP contribution is 2.37. The molecule has 0 bridgehead atoms. The van der Waals surface area contributed by atoms with Crippen LogP contribution in [0, 0.1) is 5.82 Å². The Kier molecular flexibility index (Phi) is 5.48. The molecule has 0 saturated heterocycles. The van der Waals surface area contributed by atoms with Crippen LogP contribution in [-0.2, 0) is 4.79 Å². The Morgan fingerprint density at radius 3 is 2.53 bits per heavy atom. The predicted molar refractivity (Wildman–Crippen MR) is 112 cm³/mol. The summed E-state index contributed by atoms with van der Waals surface area (Å²) in [6, 6.07) is 19.7. The SMILES string of the molecule is CCOc1ccc(C(=O)N2CC(=O)Nc3ccc(F)cc3[C@@H]2c2ccccc2)cc1. The maximum Gasteiger partial charge on any atom is 0.255 e. The third-order valence-electron chi connectivity index (χ3n) is 5.00. The normalized spacial score (nSPS) is 15.7. The summed E-state index contributed by atoms with van der Waals surface area (Å²) in [5.74, 6) is -0.422. The maximum atomic E-state index is 14.2. The van der Waals surface area contributed by atoms with Gasteiger partial charge in [-0.15, -0.1) is 0 Å². The molecule has 30 heavy (non-hydrogen) atoms. The van der Waals surface area contributed by atoms with E-state index in [0.29, 0.717) is 29.2 Å². The van der Waals surface area contributed by atoms with Crippen LogP contribution >= 0.6 is 0 Å². The molecule has 3 aromatic carbocycles. The van der Waals surface area contributed by atoms with Crippen LogP contribution < -0.4 is 10.1 Å². The fourth-order valence-corrected chi connectivity index (χ4v) is 3.69. The lowest BCUT2D eigenvalue weighted by atomic mass is 9.95. The van der Waals surface area contributed by atoms with Gasteiger partial charge in [-0.1, -0.05) is 30.3 Å². The van der Waals surface area contributed by atoms with Crippen LogP contribution in [0.5, 0.6) is 5.75 Å². The average molecular weight is 404 g/mol. The first-order valence-electron chi connectivity index (χ1n) is 9.75. The van der Waals surface area contributed by atoms with E-state index in [-0.39, 0.29) is 18.4 Å². The van der Waals surface area contributed by atoms with E-state index < -0.39 is 11.9 Å². The number of carbonyl (C=O) groups is 2. The minimum absolute atomic E-state index is 0.151. The molecule has 0 unspecified atom stereocenters. The molecule has 0 saturated carbocycles. The molecule has 0 radical (unpaired) electrons. The Balaban J connectivity index is 1.81. The number of halogens is 1. The van der Waals surface area contributed by atoms with Gasteiger partial charge in [0.15, 0.2) is 0 Å². The van der Waals surface area contributed by atoms with Crippen molar-refractivity contribution in [1.82, 2.24) is 4.90 Å². The summed E-state index contributed by atoms with van der Waals surface area (Å²) in [7, 11) is 0. The molecule has 2 amide bonds. The van der Waals surface area contributed by atoms with Crippen molar-refractivity contribution >= 4 is 17.5 Å². The van der Waals surface area contributed by atoms with Gasteiger partial charge in [-0.05, 0) is 55.0 Å². The van der Waals surface area contributed by atoms with E-state index in [0.717, 1.165) is 5.56 Å². The van der Waals surface area contributed by atoms with Crippen LogP contribution in [0.15, 0.2) is 72.8 Å². The Morgan fingerprint density at radius 1 is 1.10 bits per heavy atom. The molecule has 1 atom stereocenters. The van der Waals surface area contributed by atoms with Gasteiger partial charge >= 0.3 is 0 Å². The zero-order valence-electron chi connectivity index (χ0n) is 16.5. The molecule has 0 fully saturated rings. The van der Waals surface area contributed by atoms with E-state index in [4.69, 9.17) is 4.74 Å². The molecule has 0 aliphatic carbocycles. The third-order valence-corrected chi connectivity index (χ3v) is 5.00. The van der Waals surface area contributed by atoms with Crippen molar-refractivity contribution in [2.45, 2.75) is 13.0 Å². The topological polar surface area (TPSA) is 58.6 Å². The number of fused-ring (bicyclic) bond motifs is 1. The first-order valence-corrected chi connectivity index (χ1v) is 9.75. The lowest BCUT2D eigenvalue weighted by Crippen LogP contribution is -2.39. The number of nitrogens with one attached hydrogen (secondary N) is 1. The van der Waals surface area contributed by atoms with E-state index in [2.05, 4.69) is 5.32 Å². The average Bonchev–Trinajstić information content (AvgIpc) is 2.90. The fraction of sp³-hybridized carbons (Fsp3) is 0.167. The maximum absolute atomic E-state index is 14.2. The minimum Gasteiger partial charge on any atom is -0.494 e. The fourth-order valence-electron chi connectivity index (χ4n) is 3.69. The number of benzene rings is 3. The molecule has 0 spiro atoms. The van der Waals surface area contributed by atoms with E-state index in [9.17, 15) is 14.0 Å².